The van der Waals surface area contributed by atoms with E-state index in [-0.39, 0.29) is 0 Å². The Labute approximate surface area is 70.9 Å². The van der Waals surface area contributed by atoms with E-state index >= 15 is 0 Å². The van der Waals surface area contributed by atoms with Gasteiger partial charge in [0.1, 0.15) is 0 Å². The first kappa shape index (κ1) is 10.7. The summed E-state index contributed by atoms with van der Waals surface area (Å²) in [7, 11) is 0. The van der Waals surface area contributed by atoms with Gasteiger partial charge in [0.25, 0.3) is 0 Å². The third-order valence-electron chi connectivity index (χ3n) is 1.55. The standard InChI is InChI=1S/C10H21N/c1-9(2)5-7-11-8-6-10(3)4/h5,10-11H,6-8H2,1-4H3. The molecule has 11 heavy (non-hydrogen) atoms. The molecule has 0 aliphatic carbocycles. The maximum absolute atomic E-state index is 3.37. The summed E-state index contributed by atoms with van der Waals surface area (Å²) in [5.41, 5.74) is 1.39. The Bertz CT molecular complexity index is 110. The second kappa shape index (κ2) is 6.41. The molecule has 0 atom stereocenters. The van der Waals surface area contributed by atoms with Crippen LogP contribution in [0, 0.1) is 5.92 Å². The van der Waals surface area contributed by atoms with Crippen LogP contribution in [0.25, 0.3) is 0 Å². The van der Waals surface area contributed by atoms with Crippen molar-refractivity contribution in [3.8, 4) is 0 Å². The maximum Gasteiger partial charge on any atom is 0.0137 e. The smallest absolute Gasteiger partial charge is 0.0137 e. The fraction of sp³-hybridized carbons (Fsp3) is 0.800. The molecule has 0 radical (unpaired) electrons. The van der Waals surface area contributed by atoms with E-state index in [1.807, 2.05) is 0 Å². The summed E-state index contributed by atoms with van der Waals surface area (Å²) in [5.74, 6) is 0.814. The molecular weight excluding hydrogens is 134 g/mol. The van der Waals surface area contributed by atoms with Crippen LogP contribution in [0.3, 0.4) is 0 Å². The van der Waals surface area contributed by atoms with E-state index < -0.39 is 0 Å². The first-order chi connectivity index (χ1) is 5.13. The molecule has 0 unspecified atom stereocenters. The highest BCUT2D eigenvalue weighted by molar-refractivity contribution is 4.94. The molecule has 0 spiro atoms. The van der Waals surface area contributed by atoms with Gasteiger partial charge in [0.15, 0.2) is 0 Å². The van der Waals surface area contributed by atoms with E-state index in [0.29, 0.717) is 0 Å². The molecule has 0 aliphatic rings. The Morgan fingerprint density at radius 3 is 2.45 bits per heavy atom. The molecular formula is C10H21N. The molecule has 0 saturated carbocycles. The number of nitrogens with one attached hydrogen (secondary N) is 1. The van der Waals surface area contributed by atoms with Crippen molar-refractivity contribution < 1.29 is 0 Å². The van der Waals surface area contributed by atoms with E-state index in [1.165, 1.54) is 12.0 Å². The first-order valence-corrected chi connectivity index (χ1v) is 4.47. The molecule has 0 aliphatic heterocycles. The highest BCUT2D eigenvalue weighted by Crippen LogP contribution is 1.96. The topological polar surface area (TPSA) is 12.0 Å². The lowest BCUT2D eigenvalue weighted by Crippen LogP contribution is -2.16. The first-order valence-electron chi connectivity index (χ1n) is 4.47. The van der Waals surface area contributed by atoms with Crippen molar-refractivity contribution in [3.05, 3.63) is 11.6 Å². The third kappa shape index (κ3) is 9.70. The fourth-order valence-corrected chi connectivity index (χ4v) is 0.769. The van der Waals surface area contributed by atoms with Crippen LogP contribution in [0.4, 0.5) is 0 Å². The summed E-state index contributed by atoms with van der Waals surface area (Å²) in [6.45, 7) is 10.9. The summed E-state index contributed by atoms with van der Waals surface area (Å²) in [4.78, 5) is 0. The average molecular weight is 155 g/mol. The van der Waals surface area contributed by atoms with E-state index in [9.17, 15) is 0 Å². The largest absolute Gasteiger partial charge is 0.313 e. The van der Waals surface area contributed by atoms with Crippen LogP contribution in [0.15, 0.2) is 11.6 Å². The lowest BCUT2D eigenvalue weighted by atomic mass is 10.1. The van der Waals surface area contributed by atoms with Crippen LogP contribution in [0.1, 0.15) is 34.1 Å². The van der Waals surface area contributed by atoms with Gasteiger partial charge in [-0.2, -0.15) is 0 Å². The lowest BCUT2D eigenvalue weighted by molar-refractivity contribution is 0.552. The van der Waals surface area contributed by atoms with Crippen molar-refractivity contribution in [1.29, 1.82) is 0 Å². The van der Waals surface area contributed by atoms with Gasteiger partial charge in [-0.25, -0.2) is 0 Å². The van der Waals surface area contributed by atoms with Crippen LogP contribution in [0.2, 0.25) is 0 Å². The third-order valence-corrected chi connectivity index (χ3v) is 1.55. The molecule has 0 aromatic rings. The Morgan fingerprint density at radius 1 is 1.36 bits per heavy atom. The van der Waals surface area contributed by atoms with E-state index in [2.05, 4.69) is 39.1 Å². The van der Waals surface area contributed by atoms with Gasteiger partial charge in [0, 0.05) is 6.54 Å². The van der Waals surface area contributed by atoms with Gasteiger partial charge in [0.05, 0.1) is 0 Å². The van der Waals surface area contributed by atoms with E-state index in [4.69, 9.17) is 0 Å². The molecule has 0 fully saturated rings. The normalized spacial score (nSPS) is 10.3. The van der Waals surface area contributed by atoms with Crippen molar-refractivity contribution >= 4 is 0 Å². The zero-order chi connectivity index (χ0) is 8.69. The zero-order valence-corrected chi connectivity index (χ0v) is 8.28. The molecule has 66 valence electrons. The van der Waals surface area contributed by atoms with Gasteiger partial charge in [-0.15, -0.1) is 0 Å². The highest BCUT2D eigenvalue weighted by Gasteiger charge is 1.90. The molecule has 1 nitrogen and oxygen atoms in total. The van der Waals surface area contributed by atoms with Crippen molar-refractivity contribution in [2.45, 2.75) is 34.1 Å². The monoisotopic (exact) mass is 155 g/mol. The second-order valence-electron chi connectivity index (χ2n) is 3.67. The predicted molar refractivity (Wildman–Crippen MR) is 51.8 cm³/mol. The highest BCUT2D eigenvalue weighted by atomic mass is 14.8. The van der Waals surface area contributed by atoms with Crippen LogP contribution >= 0.6 is 0 Å². The van der Waals surface area contributed by atoms with Crippen molar-refractivity contribution in [2.75, 3.05) is 13.1 Å². The van der Waals surface area contributed by atoms with Crippen LogP contribution in [-0.2, 0) is 0 Å². The quantitative estimate of drug-likeness (QED) is 0.475. The van der Waals surface area contributed by atoms with Gasteiger partial charge in [-0.05, 0) is 32.7 Å². The average Bonchev–Trinajstić information content (AvgIpc) is 1.85. The van der Waals surface area contributed by atoms with Gasteiger partial charge >= 0.3 is 0 Å². The summed E-state index contributed by atoms with van der Waals surface area (Å²) in [6, 6.07) is 0. The van der Waals surface area contributed by atoms with Gasteiger partial charge in [-0.1, -0.05) is 25.5 Å². The number of hydrogen-bond acceptors (Lipinski definition) is 1. The van der Waals surface area contributed by atoms with E-state index in [0.717, 1.165) is 19.0 Å². The summed E-state index contributed by atoms with van der Waals surface area (Å²) < 4.78 is 0. The SMILES string of the molecule is CC(C)=CCNCCC(C)C. The minimum Gasteiger partial charge on any atom is -0.313 e. The fourth-order valence-electron chi connectivity index (χ4n) is 0.769. The Balaban J connectivity index is 3.09. The van der Waals surface area contributed by atoms with Crippen molar-refractivity contribution in [1.82, 2.24) is 5.32 Å². The Kier molecular flexibility index (Phi) is 6.24. The molecule has 0 rings (SSSR count). The molecule has 0 saturated heterocycles. The summed E-state index contributed by atoms with van der Waals surface area (Å²) >= 11 is 0. The number of allylic oxidation sites excluding steroid dienone is 1. The number of hydrogen-bond donors (Lipinski definition) is 1. The van der Waals surface area contributed by atoms with Crippen molar-refractivity contribution in [2.24, 2.45) is 5.92 Å². The van der Waals surface area contributed by atoms with Crippen LogP contribution in [0.5, 0.6) is 0 Å². The molecule has 0 aromatic heterocycles. The van der Waals surface area contributed by atoms with E-state index in [1.54, 1.807) is 0 Å². The van der Waals surface area contributed by atoms with Crippen molar-refractivity contribution in [3.63, 3.8) is 0 Å². The molecule has 0 amide bonds. The minimum atomic E-state index is 0.814. The molecule has 1 N–H and O–H groups in total. The van der Waals surface area contributed by atoms with Crippen LogP contribution < -0.4 is 5.32 Å². The molecule has 0 aromatic carbocycles. The molecule has 0 bridgehead atoms. The zero-order valence-electron chi connectivity index (χ0n) is 8.28. The maximum atomic E-state index is 3.37. The second-order valence-corrected chi connectivity index (χ2v) is 3.67. The van der Waals surface area contributed by atoms with Gasteiger partial charge < -0.3 is 5.32 Å². The predicted octanol–water partition coefficient (Wildman–Crippen LogP) is 2.59. The minimum absolute atomic E-state index is 0.814. The molecule has 0 heterocycles. The summed E-state index contributed by atoms with van der Waals surface area (Å²) in [5, 5.41) is 3.37. The lowest BCUT2D eigenvalue weighted by Gasteiger charge is -2.04. The van der Waals surface area contributed by atoms with Crippen LogP contribution in [-0.4, -0.2) is 13.1 Å². The molecule has 1 heteroatoms. The van der Waals surface area contributed by atoms with Gasteiger partial charge in [0.2, 0.25) is 0 Å². The van der Waals surface area contributed by atoms with Gasteiger partial charge in [-0.3, -0.25) is 0 Å². The Hall–Kier alpha value is -0.300. The Morgan fingerprint density at radius 2 is 2.00 bits per heavy atom. The number of rotatable bonds is 5. The summed E-state index contributed by atoms with van der Waals surface area (Å²) in [6.07, 6.45) is 3.50.